The third-order valence-electron chi connectivity index (χ3n) is 12.6. The van der Waals surface area contributed by atoms with Gasteiger partial charge in [0.15, 0.2) is 0 Å². The molecule has 1 aliphatic carbocycles. The van der Waals surface area contributed by atoms with Crippen LogP contribution < -0.4 is 31.2 Å². The Hall–Kier alpha value is -6.58. The Morgan fingerprint density at radius 3 is 1.61 bits per heavy atom. The number of nitrogens with two attached hydrogens (primary N) is 1. The fourth-order valence-corrected chi connectivity index (χ4v) is 9.58. The highest BCUT2D eigenvalue weighted by molar-refractivity contribution is 6.04. The van der Waals surface area contributed by atoms with Crippen LogP contribution in [0.1, 0.15) is 85.8 Å². The Labute approximate surface area is 357 Å². The monoisotopic (exact) mass is 815 g/mol. The highest BCUT2D eigenvalue weighted by Crippen LogP contribution is 2.42. The second-order valence-electron chi connectivity index (χ2n) is 16.4. The van der Waals surface area contributed by atoms with Crippen molar-refractivity contribution in [2.75, 3.05) is 36.8 Å². The number of carbonyl (C=O) groups excluding carboxylic acids is 1. The Morgan fingerprint density at radius 1 is 0.590 bits per heavy atom. The van der Waals surface area contributed by atoms with Gasteiger partial charge in [0.1, 0.15) is 63.2 Å². The number of hydrogen-bond acceptors (Lipinski definition) is 9. The highest BCUT2D eigenvalue weighted by Gasteiger charge is 2.35. The van der Waals surface area contributed by atoms with Gasteiger partial charge in [0.2, 0.25) is 0 Å². The Balaban J connectivity index is 0.000000156. The topological polar surface area (TPSA) is 157 Å². The molecule has 1 amide bonds. The van der Waals surface area contributed by atoms with E-state index in [9.17, 15) is 10.1 Å². The summed E-state index contributed by atoms with van der Waals surface area (Å²) in [6.07, 6.45) is 10.7. The van der Waals surface area contributed by atoms with Crippen LogP contribution in [0, 0.1) is 23.2 Å². The molecule has 2 aromatic heterocycles. The molecule has 10 rings (SSSR count). The van der Waals surface area contributed by atoms with E-state index in [0.717, 1.165) is 103 Å². The molecule has 4 aromatic carbocycles. The summed E-state index contributed by atoms with van der Waals surface area (Å²) in [5.74, 6) is 5.49. The molecule has 12 heteroatoms. The molecule has 1 saturated heterocycles. The zero-order valence-electron chi connectivity index (χ0n) is 34.4. The summed E-state index contributed by atoms with van der Waals surface area (Å²) in [6, 6.07) is 37.9. The van der Waals surface area contributed by atoms with Crippen molar-refractivity contribution in [1.29, 1.82) is 5.26 Å². The van der Waals surface area contributed by atoms with E-state index in [4.69, 9.17) is 25.4 Å². The summed E-state index contributed by atoms with van der Waals surface area (Å²) >= 11 is 0. The summed E-state index contributed by atoms with van der Waals surface area (Å²) in [4.78, 5) is 12.4. The number of amides is 1. The van der Waals surface area contributed by atoms with E-state index in [0.29, 0.717) is 40.7 Å². The fourth-order valence-electron chi connectivity index (χ4n) is 9.58. The minimum atomic E-state index is -0.447. The van der Waals surface area contributed by atoms with E-state index in [2.05, 4.69) is 26.7 Å². The van der Waals surface area contributed by atoms with Crippen LogP contribution >= 0.6 is 0 Å². The highest BCUT2D eigenvalue weighted by atomic mass is 16.5. The van der Waals surface area contributed by atoms with Crippen LogP contribution in [0.25, 0.3) is 22.5 Å². The number of nitrogens with zero attached hydrogens (tertiary/aromatic N) is 5. The number of anilines is 2. The first-order valence-corrected chi connectivity index (χ1v) is 21.8. The predicted octanol–water partition coefficient (Wildman–Crippen LogP) is 9.95. The van der Waals surface area contributed by atoms with E-state index in [1.165, 1.54) is 32.1 Å². The minimum Gasteiger partial charge on any atom is -0.457 e. The minimum absolute atomic E-state index is 0.323. The number of para-hydroxylation sites is 2. The lowest BCUT2D eigenvalue weighted by Gasteiger charge is -2.34. The van der Waals surface area contributed by atoms with Gasteiger partial charge in [-0.05, 0) is 136 Å². The van der Waals surface area contributed by atoms with Crippen LogP contribution in [0.15, 0.2) is 109 Å². The van der Waals surface area contributed by atoms with Crippen molar-refractivity contribution in [3.8, 4) is 51.6 Å². The normalized spacial score (nSPS) is 18.8. The number of piperidine rings is 1. The predicted molar refractivity (Wildman–Crippen MR) is 238 cm³/mol. The van der Waals surface area contributed by atoms with Gasteiger partial charge < -0.3 is 31.2 Å². The first-order valence-electron chi connectivity index (χ1n) is 21.8. The molecule has 12 nitrogen and oxygen atoms in total. The lowest BCUT2D eigenvalue weighted by atomic mass is 9.82. The maximum absolute atomic E-state index is 12.4. The summed E-state index contributed by atoms with van der Waals surface area (Å²) < 4.78 is 15.9. The first kappa shape index (κ1) is 39.9. The third-order valence-corrected chi connectivity index (χ3v) is 12.6. The maximum atomic E-state index is 12.4. The summed E-state index contributed by atoms with van der Waals surface area (Å²) in [6.45, 7) is 3.85. The standard InChI is InChI=1S/C25H28N4O2.C24H25N5O/c26-24(30)22-23(18-11-13-20(14-12-18)31-19-9-5-2-6-10-19)28-29-21(15-16-27-25(22)29)17-7-3-1-4-8-17;25-16-21-23(18-6-8-20(9-7-18)30-19-4-2-1-3-5-19)28-29-22(12-15-27-24(21)29)17-10-13-26-14-11-17/h2,5-6,9-14,17,21,27H,1,3-4,7-8,15-16H2,(H2,26,30);1-9,17,22,26-27H,10-15H2/t21-;22-/m00/s1. The SMILES string of the molecule is N#Cc1c(-c2ccc(Oc3ccccc3)cc2)nn2c1NCC[C@H]2C1CCNCC1.NC(=O)c1c(-c2ccc(Oc3ccccc3)cc2)nn2c1NCC[C@H]2C1CCCCC1. The number of carbonyl (C=O) groups is 1. The molecule has 6 aromatic rings. The molecule has 0 radical (unpaired) electrons. The van der Waals surface area contributed by atoms with E-state index in [-0.39, 0.29) is 0 Å². The van der Waals surface area contributed by atoms with E-state index in [1.807, 2.05) is 114 Å². The number of hydrogen-bond donors (Lipinski definition) is 4. The first-order chi connectivity index (χ1) is 30.0. The van der Waals surface area contributed by atoms with Crippen LogP contribution in [-0.2, 0) is 0 Å². The molecule has 312 valence electrons. The van der Waals surface area contributed by atoms with E-state index < -0.39 is 5.91 Å². The molecular formula is C49H53N9O3. The summed E-state index contributed by atoms with van der Waals surface area (Å²) in [5.41, 5.74) is 10.1. The van der Waals surface area contributed by atoms with Crippen molar-refractivity contribution >= 4 is 17.5 Å². The zero-order valence-corrected chi connectivity index (χ0v) is 34.4. The van der Waals surface area contributed by atoms with Gasteiger partial charge in [0, 0.05) is 24.2 Å². The Kier molecular flexibility index (Phi) is 12.0. The molecule has 61 heavy (non-hydrogen) atoms. The van der Waals surface area contributed by atoms with Crippen molar-refractivity contribution < 1.29 is 14.3 Å². The molecule has 4 aliphatic rings. The molecule has 2 fully saturated rings. The number of benzene rings is 4. The van der Waals surface area contributed by atoms with Crippen LogP contribution in [0.3, 0.4) is 0 Å². The van der Waals surface area contributed by atoms with Gasteiger partial charge in [-0.25, -0.2) is 9.36 Å². The number of rotatable bonds is 9. The van der Waals surface area contributed by atoms with Crippen molar-refractivity contribution in [1.82, 2.24) is 24.9 Å². The number of ether oxygens (including phenoxy) is 2. The average molecular weight is 816 g/mol. The molecule has 0 spiro atoms. The number of primary amides is 1. The summed E-state index contributed by atoms with van der Waals surface area (Å²) in [5, 5.41) is 30.0. The number of nitrogens with one attached hydrogen (secondary N) is 3. The van der Waals surface area contributed by atoms with E-state index >= 15 is 0 Å². The fraction of sp³-hybridized carbons (Fsp3) is 0.347. The summed E-state index contributed by atoms with van der Waals surface area (Å²) in [7, 11) is 0. The van der Waals surface area contributed by atoms with Gasteiger partial charge in [0.05, 0.1) is 12.1 Å². The lowest BCUT2D eigenvalue weighted by Crippen LogP contribution is -2.36. The third kappa shape index (κ3) is 8.70. The van der Waals surface area contributed by atoms with Gasteiger partial charge in [0.25, 0.3) is 5.91 Å². The largest absolute Gasteiger partial charge is 0.457 e. The molecular weight excluding hydrogens is 763 g/mol. The van der Waals surface area contributed by atoms with Gasteiger partial charge in [-0.15, -0.1) is 0 Å². The van der Waals surface area contributed by atoms with E-state index in [1.54, 1.807) is 0 Å². The molecule has 5 N–H and O–H groups in total. The van der Waals surface area contributed by atoms with Crippen LogP contribution in [0.5, 0.6) is 23.0 Å². The van der Waals surface area contributed by atoms with Crippen molar-refractivity contribution in [3.05, 3.63) is 120 Å². The Bertz CT molecular complexity index is 2450. The number of fused-ring (bicyclic) bond motifs is 2. The van der Waals surface area contributed by atoms with Crippen molar-refractivity contribution in [3.63, 3.8) is 0 Å². The average Bonchev–Trinajstić information content (AvgIpc) is 3.91. The molecule has 3 aliphatic heterocycles. The molecule has 1 saturated carbocycles. The van der Waals surface area contributed by atoms with Crippen molar-refractivity contribution in [2.24, 2.45) is 17.6 Å². The van der Waals surface area contributed by atoms with Crippen LogP contribution in [-0.4, -0.2) is 51.6 Å². The smallest absolute Gasteiger partial charge is 0.254 e. The number of nitriles is 1. The van der Waals surface area contributed by atoms with Gasteiger partial charge in [-0.3, -0.25) is 4.79 Å². The van der Waals surface area contributed by atoms with Crippen LogP contribution in [0.2, 0.25) is 0 Å². The molecule has 0 unspecified atom stereocenters. The number of aromatic nitrogens is 4. The zero-order chi connectivity index (χ0) is 41.5. The van der Waals surface area contributed by atoms with Gasteiger partial charge in [-0.1, -0.05) is 55.7 Å². The molecule has 5 heterocycles. The van der Waals surface area contributed by atoms with Crippen LogP contribution in [0.4, 0.5) is 11.6 Å². The lowest BCUT2D eigenvalue weighted by molar-refractivity contribution is 0.100. The second kappa shape index (κ2) is 18.4. The van der Waals surface area contributed by atoms with Gasteiger partial charge >= 0.3 is 0 Å². The Morgan fingerprint density at radius 2 is 1.07 bits per heavy atom. The van der Waals surface area contributed by atoms with Gasteiger partial charge in [-0.2, -0.15) is 15.5 Å². The second-order valence-corrected chi connectivity index (χ2v) is 16.4. The quantitative estimate of drug-likeness (QED) is 0.112. The van der Waals surface area contributed by atoms with Crippen molar-refractivity contribution in [2.45, 2.75) is 69.9 Å². The molecule has 0 bridgehead atoms. The maximum Gasteiger partial charge on any atom is 0.254 e. The molecule has 2 atom stereocenters.